The maximum absolute atomic E-state index is 12.8. The van der Waals surface area contributed by atoms with Crippen LogP contribution in [0.2, 0.25) is 0 Å². The number of amides is 1. The van der Waals surface area contributed by atoms with Gasteiger partial charge in [-0.3, -0.25) is 14.9 Å². The van der Waals surface area contributed by atoms with E-state index < -0.39 is 10.8 Å². The number of nitro benzene ring substituents is 1. The lowest BCUT2D eigenvalue weighted by molar-refractivity contribution is -0.384. The van der Waals surface area contributed by atoms with Gasteiger partial charge in [-0.05, 0) is 60.9 Å². The molecular formula is C26H23N3O5. The molecule has 172 valence electrons. The third-order valence-corrected chi connectivity index (χ3v) is 5.28. The van der Waals surface area contributed by atoms with Gasteiger partial charge in [0, 0.05) is 23.4 Å². The van der Waals surface area contributed by atoms with Crippen molar-refractivity contribution in [2.45, 2.75) is 20.5 Å². The zero-order chi connectivity index (χ0) is 24.7. The molecule has 8 heteroatoms. The summed E-state index contributed by atoms with van der Waals surface area (Å²) in [5.74, 6) is 0.221. The predicted molar refractivity (Wildman–Crippen MR) is 129 cm³/mol. The molecule has 0 atom stereocenters. The van der Waals surface area contributed by atoms with Gasteiger partial charge in [-0.2, -0.15) is 5.26 Å². The third kappa shape index (κ3) is 5.58. The molecule has 3 aromatic rings. The Kier molecular flexibility index (Phi) is 7.62. The van der Waals surface area contributed by atoms with Gasteiger partial charge in [0.05, 0.1) is 12.0 Å². The van der Waals surface area contributed by atoms with Gasteiger partial charge in [-0.1, -0.05) is 24.3 Å². The van der Waals surface area contributed by atoms with Crippen molar-refractivity contribution in [1.82, 2.24) is 0 Å². The van der Waals surface area contributed by atoms with Gasteiger partial charge >= 0.3 is 0 Å². The number of carbonyl (C=O) groups is 1. The summed E-state index contributed by atoms with van der Waals surface area (Å²) in [5, 5.41) is 23.3. The Labute approximate surface area is 197 Å². The molecule has 0 radical (unpaired) electrons. The standard InChI is InChI=1S/C26H23N3O5/c1-17-6-4-8-23(18(17)2)28-26(30)21(15-27)14-20-7-5-9-24(33-3)25(20)34-16-19-10-12-22(13-11-19)29(31)32/h4-14H,16H2,1-3H3,(H,28,30). The summed E-state index contributed by atoms with van der Waals surface area (Å²) < 4.78 is 11.3. The van der Waals surface area contributed by atoms with Gasteiger partial charge in [-0.15, -0.1) is 0 Å². The largest absolute Gasteiger partial charge is 0.493 e. The Morgan fingerprint density at radius 2 is 1.82 bits per heavy atom. The summed E-state index contributed by atoms with van der Waals surface area (Å²) in [6.07, 6.45) is 1.44. The van der Waals surface area contributed by atoms with E-state index in [1.54, 1.807) is 36.4 Å². The molecule has 3 rings (SSSR count). The molecule has 0 bridgehead atoms. The lowest BCUT2D eigenvalue weighted by Gasteiger charge is -2.14. The Morgan fingerprint density at radius 3 is 2.47 bits per heavy atom. The second-order valence-corrected chi connectivity index (χ2v) is 7.46. The summed E-state index contributed by atoms with van der Waals surface area (Å²) in [4.78, 5) is 23.2. The van der Waals surface area contributed by atoms with Gasteiger partial charge in [0.25, 0.3) is 11.6 Å². The van der Waals surface area contributed by atoms with Crippen LogP contribution in [0.15, 0.2) is 66.2 Å². The van der Waals surface area contributed by atoms with Crippen LogP contribution < -0.4 is 14.8 Å². The number of aryl methyl sites for hydroxylation is 1. The first kappa shape index (κ1) is 24.0. The second kappa shape index (κ2) is 10.8. The number of nitro groups is 1. The molecule has 0 saturated heterocycles. The number of hydrogen-bond acceptors (Lipinski definition) is 6. The van der Waals surface area contributed by atoms with E-state index in [1.807, 2.05) is 32.0 Å². The number of rotatable bonds is 8. The number of ether oxygens (including phenoxy) is 2. The van der Waals surface area contributed by atoms with E-state index in [4.69, 9.17) is 9.47 Å². The monoisotopic (exact) mass is 457 g/mol. The zero-order valence-corrected chi connectivity index (χ0v) is 19.0. The van der Waals surface area contributed by atoms with Crippen LogP contribution in [-0.4, -0.2) is 17.9 Å². The summed E-state index contributed by atoms with van der Waals surface area (Å²) in [7, 11) is 1.49. The fourth-order valence-electron chi connectivity index (χ4n) is 3.21. The highest BCUT2D eigenvalue weighted by atomic mass is 16.6. The quantitative estimate of drug-likeness (QED) is 0.211. The lowest BCUT2D eigenvalue weighted by Crippen LogP contribution is -2.14. The van der Waals surface area contributed by atoms with E-state index in [0.717, 1.165) is 11.1 Å². The number of anilines is 1. The fourth-order valence-corrected chi connectivity index (χ4v) is 3.21. The summed E-state index contributed by atoms with van der Waals surface area (Å²) in [5.41, 5.74) is 3.64. The molecule has 34 heavy (non-hydrogen) atoms. The Balaban J connectivity index is 1.87. The van der Waals surface area contributed by atoms with Crippen LogP contribution in [0.4, 0.5) is 11.4 Å². The number of carbonyl (C=O) groups excluding carboxylic acids is 1. The normalized spacial score (nSPS) is 10.8. The van der Waals surface area contributed by atoms with Crippen molar-refractivity contribution >= 4 is 23.4 Å². The number of nitriles is 1. The van der Waals surface area contributed by atoms with E-state index in [0.29, 0.717) is 28.3 Å². The molecule has 0 aliphatic carbocycles. The van der Waals surface area contributed by atoms with Gasteiger partial charge in [0.2, 0.25) is 0 Å². The molecule has 0 aromatic heterocycles. The number of para-hydroxylation sites is 1. The fraction of sp³-hybridized carbons (Fsp3) is 0.154. The van der Waals surface area contributed by atoms with Crippen LogP contribution in [-0.2, 0) is 11.4 Å². The maximum Gasteiger partial charge on any atom is 0.269 e. The zero-order valence-electron chi connectivity index (χ0n) is 19.0. The van der Waals surface area contributed by atoms with E-state index in [9.17, 15) is 20.2 Å². The minimum Gasteiger partial charge on any atom is -0.493 e. The maximum atomic E-state index is 12.8. The molecule has 0 aliphatic heterocycles. The Morgan fingerprint density at radius 1 is 1.12 bits per heavy atom. The number of nitrogens with zero attached hydrogens (tertiary/aromatic N) is 2. The average Bonchev–Trinajstić information content (AvgIpc) is 2.84. The molecular weight excluding hydrogens is 434 g/mol. The van der Waals surface area contributed by atoms with Crippen LogP contribution in [0.3, 0.4) is 0 Å². The van der Waals surface area contributed by atoms with Crippen molar-refractivity contribution in [3.8, 4) is 17.6 Å². The molecule has 0 saturated carbocycles. The van der Waals surface area contributed by atoms with Crippen molar-refractivity contribution in [3.05, 3.63) is 98.6 Å². The van der Waals surface area contributed by atoms with Crippen molar-refractivity contribution in [2.75, 3.05) is 12.4 Å². The van der Waals surface area contributed by atoms with Crippen molar-refractivity contribution < 1.29 is 19.2 Å². The smallest absolute Gasteiger partial charge is 0.269 e. The molecule has 8 nitrogen and oxygen atoms in total. The molecule has 0 unspecified atom stereocenters. The van der Waals surface area contributed by atoms with Gasteiger partial charge in [0.1, 0.15) is 18.2 Å². The topological polar surface area (TPSA) is 114 Å². The Hall–Kier alpha value is -4.64. The van der Waals surface area contributed by atoms with Crippen molar-refractivity contribution in [2.24, 2.45) is 0 Å². The summed E-state index contributed by atoms with van der Waals surface area (Å²) >= 11 is 0. The van der Waals surface area contributed by atoms with E-state index in [1.165, 1.54) is 25.3 Å². The minimum absolute atomic E-state index is 0.0156. The van der Waals surface area contributed by atoms with Gasteiger partial charge in [-0.25, -0.2) is 0 Å². The van der Waals surface area contributed by atoms with Crippen molar-refractivity contribution in [1.29, 1.82) is 5.26 Å². The number of nitrogens with one attached hydrogen (secondary N) is 1. The number of non-ortho nitro benzene ring substituents is 1. The average molecular weight is 457 g/mol. The molecule has 0 spiro atoms. The molecule has 0 heterocycles. The Bertz CT molecular complexity index is 1290. The molecule has 1 N–H and O–H groups in total. The number of benzene rings is 3. The SMILES string of the molecule is COc1cccc(C=C(C#N)C(=O)Nc2cccc(C)c2C)c1OCc1ccc([N+](=O)[O-])cc1. The second-order valence-electron chi connectivity index (χ2n) is 7.46. The molecule has 0 fully saturated rings. The van der Waals surface area contributed by atoms with E-state index in [-0.39, 0.29) is 17.9 Å². The van der Waals surface area contributed by atoms with E-state index >= 15 is 0 Å². The third-order valence-electron chi connectivity index (χ3n) is 5.28. The first-order valence-corrected chi connectivity index (χ1v) is 10.4. The molecule has 3 aromatic carbocycles. The number of hydrogen-bond donors (Lipinski definition) is 1. The van der Waals surface area contributed by atoms with E-state index in [2.05, 4.69) is 5.32 Å². The highest BCUT2D eigenvalue weighted by Crippen LogP contribution is 2.33. The first-order chi connectivity index (χ1) is 16.3. The lowest BCUT2D eigenvalue weighted by atomic mass is 10.1. The highest BCUT2D eigenvalue weighted by molar-refractivity contribution is 6.10. The summed E-state index contributed by atoms with van der Waals surface area (Å²) in [6.45, 7) is 3.94. The first-order valence-electron chi connectivity index (χ1n) is 10.4. The van der Waals surface area contributed by atoms with Crippen LogP contribution in [0, 0.1) is 35.3 Å². The van der Waals surface area contributed by atoms with Crippen LogP contribution in [0.5, 0.6) is 11.5 Å². The number of methoxy groups -OCH3 is 1. The predicted octanol–water partition coefficient (Wildman–Crippen LogP) is 5.34. The van der Waals surface area contributed by atoms with Crippen molar-refractivity contribution in [3.63, 3.8) is 0 Å². The minimum atomic E-state index is -0.541. The molecule has 1 amide bonds. The molecule has 0 aliphatic rings. The van der Waals surface area contributed by atoms with Crippen LogP contribution in [0.25, 0.3) is 6.08 Å². The van der Waals surface area contributed by atoms with Crippen LogP contribution in [0.1, 0.15) is 22.3 Å². The summed E-state index contributed by atoms with van der Waals surface area (Å²) in [6, 6.07) is 18.6. The van der Waals surface area contributed by atoms with Gasteiger partial charge in [0.15, 0.2) is 11.5 Å². The van der Waals surface area contributed by atoms with Gasteiger partial charge < -0.3 is 14.8 Å². The highest BCUT2D eigenvalue weighted by Gasteiger charge is 2.15. The van der Waals surface area contributed by atoms with Crippen LogP contribution >= 0.6 is 0 Å².